The molecule has 26 heavy (non-hydrogen) atoms. The highest BCUT2D eigenvalue weighted by Gasteiger charge is 2.17. The first-order valence-electron chi connectivity index (χ1n) is 8.39. The van der Waals surface area contributed by atoms with Crippen LogP contribution in [0.1, 0.15) is 16.1 Å². The Balaban J connectivity index is 1.75. The molecule has 4 aromatic rings. The molecule has 0 aliphatic carbocycles. The van der Waals surface area contributed by atoms with Crippen molar-refractivity contribution >= 4 is 22.6 Å². The van der Waals surface area contributed by atoms with Gasteiger partial charge in [-0.25, -0.2) is 9.67 Å². The van der Waals surface area contributed by atoms with Crippen molar-refractivity contribution in [3.63, 3.8) is 0 Å². The van der Waals surface area contributed by atoms with Gasteiger partial charge < -0.3 is 4.90 Å². The van der Waals surface area contributed by atoms with Gasteiger partial charge in [0.25, 0.3) is 5.91 Å². The van der Waals surface area contributed by atoms with Gasteiger partial charge in [0.1, 0.15) is 0 Å². The van der Waals surface area contributed by atoms with E-state index in [0.717, 1.165) is 28.1 Å². The van der Waals surface area contributed by atoms with Crippen LogP contribution in [-0.2, 0) is 0 Å². The molecule has 0 N–H and O–H groups in total. The fourth-order valence-electron chi connectivity index (χ4n) is 2.97. The number of aryl methyl sites for hydroxylation is 1. The van der Waals surface area contributed by atoms with Gasteiger partial charge in [0.15, 0.2) is 5.65 Å². The number of para-hydroxylation sites is 2. The minimum Gasteiger partial charge on any atom is -0.311 e. The van der Waals surface area contributed by atoms with Crippen molar-refractivity contribution in [2.75, 3.05) is 11.9 Å². The number of benzene rings is 2. The maximum Gasteiger partial charge on any atom is 0.259 e. The molecule has 0 aliphatic rings. The number of hydrogen-bond donors (Lipinski definition) is 0. The molecule has 5 nitrogen and oxygen atoms in total. The van der Waals surface area contributed by atoms with Gasteiger partial charge in [0, 0.05) is 24.3 Å². The molecule has 0 fully saturated rings. The summed E-state index contributed by atoms with van der Waals surface area (Å²) in [5, 5.41) is 5.47. The van der Waals surface area contributed by atoms with Gasteiger partial charge in [-0.15, -0.1) is 0 Å². The molecule has 1 amide bonds. The van der Waals surface area contributed by atoms with Crippen molar-refractivity contribution in [1.29, 1.82) is 0 Å². The normalized spacial score (nSPS) is 10.8. The maximum atomic E-state index is 12.8. The van der Waals surface area contributed by atoms with E-state index in [1.807, 2.05) is 73.7 Å². The molecule has 128 valence electrons. The molecule has 2 aromatic heterocycles. The summed E-state index contributed by atoms with van der Waals surface area (Å²) >= 11 is 0. The summed E-state index contributed by atoms with van der Waals surface area (Å²) in [6.45, 7) is 1.93. The molecule has 0 bridgehead atoms. The first-order chi connectivity index (χ1) is 12.6. The van der Waals surface area contributed by atoms with Gasteiger partial charge in [-0.2, -0.15) is 5.10 Å². The Kier molecular flexibility index (Phi) is 3.97. The number of pyridine rings is 1. The van der Waals surface area contributed by atoms with E-state index in [9.17, 15) is 4.79 Å². The van der Waals surface area contributed by atoms with Gasteiger partial charge in [-0.05, 0) is 37.3 Å². The number of anilines is 1. The zero-order valence-electron chi connectivity index (χ0n) is 14.6. The standard InChI is InChI=1S/C21H18N4O/c1-15-19-13-16(21(26)24(2)17-9-5-3-6-10-17)14-22-20(19)25(23-15)18-11-7-4-8-12-18/h3-14H,1-2H3. The van der Waals surface area contributed by atoms with Crippen LogP contribution in [0, 0.1) is 6.92 Å². The lowest BCUT2D eigenvalue weighted by atomic mass is 10.2. The van der Waals surface area contributed by atoms with E-state index in [2.05, 4.69) is 10.1 Å². The molecule has 0 atom stereocenters. The topological polar surface area (TPSA) is 51.0 Å². The average molecular weight is 342 g/mol. The molecule has 0 saturated carbocycles. The zero-order valence-corrected chi connectivity index (χ0v) is 14.6. The molecule has 2 aromatic carbocycles. The quantitative estimate of drug-likeness (QED) is 0.565. The van der Waals surface area contributed by atoms with Gasteiger partial charge >= 0.3 is 0 Å². The number of carbonyl (C=O) groups is 1. The number of aromatic nitrogens is 3. The summed E-state index contributed by atoms with van der Waals surface area (Å²) in [5.41, 5.74) is 3.91. The molecular formula is C21H18N4O. The zero-order chi connectivity index (χ0) is 18.1. The van der Waals surface area contributed by atoms with Gasteiger partial charge in [-0.3, -0.25) is 4.79 Å². The summed E-state index contributed by atoms with van der Waals surface area (Å²) in [6.07, 6.45) is 1.62. The van der Waals surface area contributed by atoms with E-state index in [-0.39, 0.29) is 5.91 Å². The smallest absolute Gasteiger partial charge is 0.259 e. The van der Waals surface area contributed by atoms with E-state index < -0.39 is 0 Å². The van der Waals surface area contributed by atoms with E-state index >= 15 is 0 Å². The Morgan fingerprint density at radius 1 is 1.00 bits per heavy atom. The van der Waals surface area contributed by atoms with Crippen LogP contribution in [0.2, 0.25) is 0 Å². The van der Waals surface area contributed by atoms with Crippen LogP contribution in [-0.4, -0.2) is 27.7 Å². The van der Waals surface area contributed by atoms with Crippen molar-refractivity contribution < 1.29 is 4.79 Å². The average Bonchev–Trinajstić information content (AvgIpc) is 3.04. The SMILES string of the molecule is Cc1nn(-c2ccccc2)c2ncc(C(=O)N(C)c3ccccc3)cc12. The summed E-state index contributed by atoms with van der Waals surface area (Å²) < 4.78 is 1.81. The number of fused-ring (bicyclic) bond motifs is 1. The van der Waals surface area contributed by atoms with Crippen molar-refractivity contribution in [3.8, 4) is 5.69 Å². The van der Waals surface area contributed by atoms with Crippen molar-refractivity contribution in [1.82, 2.24) is 14.8 Å². The molecule has 0 spiro atoms. The molecular weight excluding hydrogens is 324 g/mol. The van der Waals surface area contributed by atoms with Crippen molar-refractivity contribution in [2.45, 2.75) is 6.92 Å². The highest BCUT2D eigenvalue weighted by Crippen LogP contribution is 2.22. The number of hydrogen-bond acceptors (Lipinski definition) is 3. The molecule has 0 aliphatic heterocycles. The van der Waals surface area contributed by atoms with Crippen LogP contribution in [0.25, 0.3) is 16.7 Å². The van der Waals surface area contributed by atoms with Gasteiger partial charge in [-0.1, -0.05) is 36.4 Å². The molecule has 0 unspecified atom stereocenters. The monoisotopic (exact) mass is 342 g/mol. The van der Waals surface area contributed by atoms with E-state index in [1.165, 1.54) is 0 Å². The predicted molar refractivity (Wildman–Crippen MR) is 103 cm³/mol. The van der Waals surface area contributed by atoms with Crippen LogP contribution < -0.4 is 4.90 Å². The van der Waals surface area contributed by atoms with Crippen LogP contribution in [0.5, 0.6) is 0 Å². The Labute approximate surface area is 151 Å². The van der Waals surface area contributed by atoms with Crippen LogP contribution in [0.3, 0.4) is 0 Å². The molecule has 0 radical (unpaired) electrons. The Bertz CT molecular complexity index is 1070. The summed E-state index contributed by atoms with van der Waals surface area (Å²) in [5.74, 6) is -0.0996. The van der Waals surface area contributed by atoms with Crippen LogP contribution >= 0.6 is 0 Å². The number of nitrogens with zero attached hydrogens (tertiary/aromatic N) is 4. The fraction of sp³-hybridized carbons (Fsp3) is 0.0952. The van der Waals surface area contributed by atoms with E-state index in [4.69, 9.17) is 0 Å². The Hall–Kier alpha value is -3.47. The summed E-state index contributed by atoms with van der Waals surface area (Å²) in [7, 11) is 1.77. The highest BCUT2D eigenvalue weighted by atomic mass is 16.2. The first-order valence-corrected chi connectivity index (χ1v) is 8.39. The van der Waals surface area contributed by atoms with Crippen LogP contribution in [0.15, 0.2) is 72.9 Å². The summed E-state index contributed by atoms with van der Waals surface area (Å²) in [4.78, 5) is 19.0. The highest BCUT2D eigenvalue weighted by molar-refractivity contribution is 6.07. The molecule has 2 heterocycles. The predicted octanol–water partition coefficient (Wildman–Crippen LogP) is 4.01. The third-order valence-electron chi connectivity index (χ3n) is 4.40. The number of carbonyl (C=O) groups excluding carboxylic acids is 1. The number of amides is 1. The van der Waals surface area contributed by atoms with Crippen LogP contribution in [0.4, 0.5) is 5.69 Å². The first kappa shape index (κ1) is 16.0. The van der Waals surface area contributed by atoms with Gasteiger partial charge in [0.05, 0.1) is 16.9 Å². The van der Waals surface area contributed by atoms with E-state index in [0.29, 0.717) is 5.56 Å². The third kappa shape index (κ3) is 2.73. The molecule has 0 saturated heterocycles. The lowest BCUT2D eigenvalue weighted by Crippen LogP contribution is -2.26. The van der Waals surface area contributed by atoms with Crippen molar-refractivity contribution in [2.24, 2.45) is 0 Å². The largest absolute Gasteiger partial charge is 0.311 e. The maximum absolute atomic E-state index is 12.8. The Morgan fingerprint density at radius 3 is 2.35 bits per heavy atom. The molecule has 4 rings (SSSR count). The third-order valence-corrected chi connectivity index (χ3v) is 4.40. The van der Waals surface area contributed by atoms with Gasteiger partial charge in [0.2, 0.25) is 0 Å². The number of rotatable bonds is 3. The second-order valence-corrected chi connectivity index (χ2v) is 6.13. The second kappa shape index (κ2) is 6.44. The van der Waals surface area contributed by atoms with Crippen molar-refractivity contribution in [3.05, 3.63) is 84.2 Å². The lowest BCUT2D eigenvalue weighted by Gasteiger charge is -2.17. The lowest BCUT2D eigenvalue weighted by molar-refractivity contribution is 0.0993. The summed E-state index contributed by atoms with van der Waals surface area (Å²) in [6, 6.07) is 21.3. The van der Waals surface area contributed by atoms with E-state index in [1.54, 1.807) is 22.8 Å². The minimum atomic E-state index is -0.0996. The molecule has 5 heteroatoms. The fourth-order valence-corrected chi connectivity index (χ4v) is 2.97. The second-order valence-electron chi connectivity index (χ2n) is 6.13. The minimum absolute atomic E-state index is 0.0996. The Morgan fingerprint density at radius 2 is 1.65 bits per heavy atom.